The molecule has 0 bridgehead atoms. The Kier molecular flexibility index (Phi) is 3.46. The van der Waals surface area contributed by atoms with Crippen molar-refractivity contribution in [1.29, 1.82) is 0 Å². The number of hydrogen-bond donors (Lipinski definition) is 2. The van der Waals surface area contributed by atoms with Crippen molar-refractivity contribution in [3.63, 3.8) is 0 Å². The average Bonchev–Trinajstić information content (AvgIpc) is 1.93. The Morgan fingerprint density at radius 2 is 2.50 bits per heavy atom. The Bertz CT molecular complexity index is 157. The molecule has 1 aliphatic rings. The molecule has 5 heteroatoms. The first-order valence-corrected chi connectivity index (χ1v) is 3.79. The molecule has 1 saturated heterocycles. The second kappa shape index (κ2) is 4.39. The van der Waals surface area contributed by atoms with E-state index in [1.165, 1.54) is 7.11 Å². The quantitative estimate of drug-likeness (QED) is 0.565. The van der Waals surface area contributed by atoms with Crippen LogP contribution in [0.15, 0.2) is 0 Å². The zero-order chi connectivity index (χ0) is 8.97. The number of hydrogen-bond acceptors (Lipinski definition) is 4. The first-order valence-electron chi connectivity index (χ1n) is 3.79. The molecule has 12 heavy (non-hydrogen) atoms. The van der Waals surface area contributed by atoms with Crippen molar-refractivity contribution in [1.82, 2.24) is 5.32 Å². The summed E-state index contributed by atoms with van der Waals surface area (Å²) in [6, 6.07) is -0.454. The van der Waals surface area contributed by atoms with Gasteiger partial charge in [-0.15, -0.1) is 0 Å². The summed E-state index contributed by atoms with van der Waals surface area (Å²) in [4.78, 5) is 10.6. The second-order valence-electron chi connectivity index (χ2n) is 2.75. The summed E-state index contributed by atoms with van der Waals surface area (Å²) >= 11 is 0. The maximum absolute atomic E-state index is 10.6. The zero-order valence-corrected chi connectivity index (χ0v) is 6.95. The van der Waals surface area contributed by atoms with E-state index in [2.05, 4.69) is 5.32 Å². The van der Waals surface area contributed by atoms with Gasteiger partial charge < -0.3 is 14.6 Å². The van der Waals surface area contributed by atoms with Gasteiger partial charge in [-0.05, 0) is 0 Å². The fourth-order valence-corrected chi connectivity index (χ4v) is 0.974. The van der Waals surface area contributed by atoms with Crippen molar-refractivity contribution in [2.24, 2.45) is 0 Å². The van der Waals surface area contributed by atoms with Gasteiger partial charge in [-0.2, -0.15) is 0 Å². The van der Waals surface area contributed by atoms with Crippen molar-refractivity contribution in [3.05, 3.63) is 0 Å². The van der Waals surface area contributed by atoms with E-state index in [9.17, 15) is 4.79 Å². The SMILES string of the molecule is COCC(NC1COC1)C(=O)O. The van der Waals surface area contributed by atoms with Crippen LogP contribution in [-0.2, 0) is 14.3 Å². The summed E-state index contributed by atoms with van der Waals surface area (Å²) < 4.78 is 9.65. The molecule has 2 N–H and O–H groups in total. The smallest absolute Gasteiger partial charge is 0.323 e. The molecule has 1 fully saturated rings. The van der Waals surface area contributed by atoms with Crippen LogP contribution in [0.25, 0.3) is 0 Å². The van der Waals surface area contributed by atoms with Crippen LogP contribution in [0.3, 0.4) is 0 Å². The molecule has 0 aromatic carbocycles. The van der Waals surface area contributed by atoms with Gasteiger partial charge in [-0.3, -0.25) is 10.1 Å². The number of carboxylic acids is 1. The molecule has 0 spiro atoms. The van der Waals surface area contributed by atoms with Crippen LogP contribution in [0.2, 0.25) is 0 Å². The summed E-state index contributed by atoms with van der Waals surface area (Å²) in [6.07, 6.45) is 0. The van der Waals surface area contributed by atoms with Gasteiger partial charge in [0.1, 0.15) is 6.04 Å². The first kappa shape index (κ1) is 9.44. The van der Waals surface area contributed by atoms with Crippen LogP contribution in [-0.4, -0.2) is 50.1 Å². The lowest BCUT2D eigenvalue weighted by Gasteiger charge is -2.29. The van der Waals surface area contributed by atoms with Crippen LogP contribution in [0.1, 0.15) is 0 Å². The van der Waals surface area contributed by atoms with E-state index in [1.54, 1.807) is 0 Å². The van der Waals surface area contributed by atoms with Crippen LogP contribution in [0.4, 0.5) is 0 Å². The molecular formula is C7H13NO4. The molecule has 70 valence electrons. The maximum Gasteiger partial charge on any atom is 0.323 e. The predicted octanol–water partition coefficient (Wildman–Crippen LogP) is -0.926. The number of rotatable bonds is 5. The minimum atomic E-state index is -0.885. The van der Waals surface area contributed by atoms with Crippen LogP contribution >= 0.6 is 0 Å². The molecule has 5 nitrogen and oxygen atoms in total. The second-order valence-corrected chi connectivity index (χ2v) is 2.75. The van der Waals surface area contributed by atoms with E-state index in [4.69, 9.17) is 14.6 Å². The zero-order valence-electron chi connectivity index (χ0n) is 6.95. The molecule has 1 aliphatic heterocycles. The third-order valence-corrected chi connectivity index (χ3v) is 1.71. The third kappa shape index (κ3) is 2.44. The highest BCUT2D eigenvalue weighted by atomic mass is 16.5. The maximum atomic E-state index is 10.6. The lowest BCUT2D eigenvalue weighted by molar-refractivity contribution is -0.142. The Labute approximate surface area is 70.7 Å². The molecular weight excluding hydrogens is 162 g/mol. The lowest BCUT2D eigenvalue weighted by atomic mass is 10.2. The van der Waals surface area contributed by atoms with Gasteiger partial charge in [0.15, 0.2) is 0 Å². The van der Waals surface area contributed by atoms with Gasteiger partial charge in [0.2, 0.25) is 0 Å². The topological polar surface area (TPSA) is 67.8 Å². The summed E-state index contributed by atoms with van der Waals surface area (Å²) in [7, 11) is 1.48. The van der Waals surface area contributed by atoms with Gasteiger partial charge in [-0.1, -0.05) is 0 Å². The van der Waals surface area contributed by atoms with E-state index in [0.717, 1.165) is 0 Å². The van der Waals surface area contributed by atoms with E-state index < -0.39 is 12.0 Å². The van der Waals surface area contributed by atoms with Gasteiger partial charge in [-0.25, -0.2) is 0 Å². The predicted molar refractivity (Wildman–Crippen MR) is 41.0 cm³/mol. The molecule has 0 saturated carbocycles. The molecule has 1 atom stereocenters. The fraction of sp³-hybridized carbons (Fsp3) is 0.857. The van der Waals surface area contributed by atoms with Crippen LogP contribution in [0, 0.1) is 0 Å². The molecule has 0 aromatic rings. The molecule has 0 aliphatic carbocycles. The van der Waals surface area contributed by atoms with Crippen molar-refractivity contribution < 1.29 is 19.4 Å². The van der Waals surface area contributed by atoms with E-state index >= 15 is 0 Å². The Balaban J connectivity index is 2.26. The number of ether oxygens (including phenoxy) is 2. The minimum Gasteiger partial charge on any atom is -0.480 e. The van der Waals surface area contributed by atoms with E-state index in [-0.39, 0.29) is 12.6 Å². The molecule has 0 amide bonds. The van der Waals surface area contributed by atoms with Gasteiger partial charge in [0, 0.05) is 7.11 Å². The van der Waals surface area contributed by atoms with Gasteiger partial charge in [0.25, 0.3) is 0 Å². The summed E-state index contributed by atoms with van der Waals surface area (Å²) in [6.45, 7) is 1.37. The minimum absolute atomic E-state index is 0.168. The Morgan fingerprint density at radius 3 is 2.83 bits per heavy atom. The summed E-state index contributed by atoms with van der Waals surface area (Å²) in [5, 5.41) is 11.6. The molecule has 1 rings (SSSR count). The fourth-order valence-electron chi connectivity index (χ4n) is 0.974. The number of carbonyl (C=O) groups is 1. The van der Waals surface area contributed by atoms with Crippen LogP contribution in [0.5, 0.6) is 0 Å². The normalized spacial score (nSPS) is 20.1. The van der Waals surface area contributed by atoms with Gasteiger partial charge >= 0.3 is 5.97 Å². The Morgan fingerprint density at radius 1 is 1.83 bits per heavy atom. The average molecular weight is 175 g/mol. The van der Waals surface area contributed by atoms with Gasteiger partial charge in [0.05, 0.1) is 25.9 Å². The first-order chi connectivity index (χ1) is 5.74. The number of nitrogens with one attached hydrogen (secondary N) is 1. The number of carboxylic acid groups (broad SMARTS) is 1. The van der Waals surface area contributed by atoms with Crippen molar-refractivity contribution in [2.45, 2.75) is 12.1 Å². The highest BCUT2D eigenvalue weighted by Gasteiger charge is 2.25. The lowest BCUT2D eigenvalue weighted by Crippen LogP contribution is -2.54. The van der Waals surface area contributed by atoms with E-state index in [1.807, 2.05) is 0 Å². The summed E-state index contributed by atoms with van der Waals surface area (Å²) in [5.74, 6) is -0.885. The van der Waals surface area contributed by atoms with Crippen LogP contribution < -0.4 is 5.32 Å². The monoisotopic (exact) mass is 175 g/mol. The third-order valence-electron chi connectivity index (χ3n) is 1.71. The highest BCUT2D eigenvalue weighted by molar-refractivity contribution is 5.73. The van der Waals surface area contributed by atoms with Crippen molar-refractivity contribution in [3.8, 4) is 0 Å². The van der Waals surface area contributed by atoms with E-state index in [0.29, 0.717) is 13.2 Å². The summed E-state index contributed by atoms with van der Waals surface area (Å²) in [5.41, 5.74) is 0. The molecule has 0 aromatic heterocycles. The standard InChI is InChI=1S/C7H13NO4/c1-11-4-6(7(9)10)8-5-2-12-3-5/h5-6,8H,2-4H2,1H3,(H,9,10). The van der Waals surface area contributed by atoms with Crippen molar-refractivity contribution in [2.75, 3.05) is 26.9 Å². The van der Waals surface area contributed by atoms with Crippen molar-refractivity contribution >= 4 is 5.97 Å². The number of aliphatic carboxylic acids is 1. The number of methoxy groups -OCH3 is 1. The Hall–Kier alpha value is -0.650. The largest absolute Gasteiger partial charge is 0.480 e. The molecule has 1 heterocycles. The molecule has 1 unspecified atom stereocenters. The highest BCUT2D eigenvalue weighted by Crippen LogP contribution is 2.01. The molecule has 0 radical (unpaired) electrons.